The number of aromatic amines is 2. The van der Waals surface area contributed by atoms with E-state index in [1.807, 2.05) is 24.1 Å². The number of nitrogens with one attached hydrogen (secondary N) is 2. The molecule has 0 bridgehead atoms. The van der Waals surface area contributed by atoms with Crippen LogP contribution >= 0.6 is 0 Å². The lowest BCUT2D eigenvalue weighted by molar-refractivity contribution is 0.0994. The molecule has 7 heteroatoms. The fraction of sp³-hybridized carbons (Fsp3) is 0.333. The first-order valence-electron chi connectivity index (χ1n) is 12.3. The molecule has 0 spiro atoms. The Labute approximate surface area is 198 Å². The summed E-state index contributed by atoms with van der Waals surface area (Å²) in [5.74, 6) is 0. The van der Waals surface area contributed by atoms with E-state index in [1.165, 1.54) is 50.0 Å². The van der Waals surface area contributed by atoms with Crippen LogP contribution in [0.3, 0.4) is 0 Å². The second-order valence-corrected chi connectivity index (χ2v) is 9.91. The summed E-state index contributed by atoms with van der Waals surface area (Å²) in [7, 11) is 1.94. The molecule has 0 radical (unpaired) electrons. The molecule has 0 amide bonds. The highest BCUT2D eigenvalue weighted by Gasteiger charge is 2.30. The van der Waals surface area contributed by atoms with Crippen LogP contribution in [0, 0.1) is 0 Å². The van der Waals surface area contributed by atoms with Crippen molar-refractivity contribution in [3.63, 3.8) is 0 Å². The van der Waals surface area contributed by atoms with Gasteiger partial charge in [-0.2, -0.15) is 10.2 Å². The predicted molar refractivity (Wildman–Crippen MR) is 135 cm³/mol. The summed E-state index contributed by atoms with van der Waals surface area (Å²) in [6, 6.07) is 16.2. The number of fused-ring (bicyclic) bond motifs is 3. The van der Waals surface area contributed by atoms with E-state index in [2.05, 4.69) is 72.5 Å². The number of aryl methyl sites for hydroxylation is 1. The van der Waals surface area contributed by atoms with Gasteiger partial charge in [0.15, 0.2) is 0 Å². The molecule has 2 aromatic carbocycles. The maximum Gasteiger partial charge on any atom is 0.116 e. The molecule has 5 aromatic rings. The highest BCUT2D eigenvalue weighted by molar-refractivity contribution is 5.97. The Hall–Kier alpha value is -3.42. The predicted octanol–water partition coefficient (Wildman–Crippen LogP) is 4.39. The molecule has 7 rings (SSSR count). The molecule has 34 heavy (non-hydrogen) atoms. The highest BCUT2D eigenvalue weighted by Crippen LogP contribution is 2.32. The summed E-state index contributed by atoms with van der Waals surface area (Å²) in [4.78, 5) is 8.90. The summed E-state index contributed by atoms with van der Waals surface area (Å²) in [6.45, 7) is 5.91. The van der Waals surface area contributed by atoms with Crippen molar-refractivity contribution < 1.29 is 0 Å². The summed E-state index contributed by atoms with van der Waals surface area (Å²) in [5.41, 5.74) is 7.82. The minimum Gasteiger partial charge on any atom is -0.353 e. The molecule has 3 aromatic heterocycles. The van der Waals surface area contributed by atoms with Crippen molar-refractivity contribution in [3.05, 3.63) is 60.4 Å². The number of piperazine rings is 1. The van der Waals surface area contributed by atoms with Crippen LogP contribution in [0.15, 0.2) is 54.9 Å². The molecule has 7 nitrogen and oxygen atoms in total. The van der Waals surface area contributed by atoms with Crippen LogP contribution in [0.5, 0.6) is 0 Å². The molecule has 2 N–H and O–H groups in total. The van der Waals surface area contributed by atoms with E-state index in [-0.39, 0.29) is 0 Å². The first kappa shape index (κ1) is 20.0. The van der Waals surface area contributed by atoms with Gasteiger partial charge in [-0.1, -0.05) is 12.1 Å². The molecule has 2 aliphatic heterocycles. The Morgan fingerprint density at radius 2 is 1.94 bits per heavy atom. The van der Waals surface area contributed by atoms with Gasteiger partial charge in [-0.05, 0) is 60.8 Å². The van der Waals surface area contributed by atoms with Crippen molar-refractivity contribution in [3.8, 4) is 22.5 Å². The first-order chi connectivity index (χ1) is 16.7. The minimum atomic E-state index is 0.765. The summed E-state index contributed by atoms with van der Waals surface area (Å²) < 4.78 is 1.83. The Morgan fingerprint density at radius 3 is 2.85 bits per heavy atom. The Kier molecular flexibility index (Phi) is 4.60. The maximum atomic E-state index is 4.66. The molecule has 0 saturated carbocycles. The zero-order chi connectivity index (χ0) is 22.6. The van der Waals surface area contributed by atoms with Crippen molar-refractivity contribution in [2.75, 3.05) is 26.2 Å². The van der Waals surface area contributed by atoms with Crippen LogP contribution in [-0.2, 0) is 13.6 Å². The van der Waals surface area contributed by atoms with E-state index < -0.39 is 0 Å². The average molecular weight is 452 g/mol. The van der Waals surface area contributed by atoms with Gasteiger partial charge >= 0.3 is 0 Å². The summed E-state index contributed by atoms with van der Waals surface area (Å²) in [6.07, 6.45) is 6.66. The number of hydrogen-bond donors (Lipinski definition) is 2. The third-order valence-electron chi connectivity index (χ3n) is 7.62. The van der Waals surface area contributed by atoms with Crippen LogP contribution in [0.4, 0.5) is 0 Å². The molecular formula is C27H29N7. The fourth-order valence-corrected chi connectivity index (χ4v) is 5.83. The van der Waals surface area contributed by atoms with Crippen molar-refractivity contribution in [2.45, 2.75) is 25.4 Å². The van der Waals surface area contributed by atoms with E-state index in [4.69, 9.17) is 0 Å². The van der Waals surface area contributed by atoms with Gasteiger partial charge in [0, 0.05) is 67.3 Å². The molecule has 0 aliphatic carbocycles. The third-order valence-corrected chi connectivity index (χ3v) is 7.62. The van der Waals surface area contributed by atoms with Crippen molar-refractivity contribution >= 4 is 21.8 Å². The quantitative estimate of drug-likeness (QED) is 0.425. The van der Waals surface area contributed by atoms with Gasteiger partial charge in [-0.15, -0.1) is 0 Å². The van der Waals surface area contributed by atoms with Gasteiger partial charge < -0.3 is 4.98 Å². The largest absolute Gasteiger partial charge is 0.353 e. The van der Waals surface area contributed by atoms with E-state index in [1.54, 1.807) is 0 Å². The number of nitrogens with zero attached hydrogens (tertiary/aromatic N) is 5. The topological polar surface area (TPSA) is 68.8 Å². The Morgan fingerprint density at radius 1 is 1.00 bits per heavy atom. The summed E-state index contributed by atoms with van der Waals surface area (Å²) >= 11 is 0. The van der Waals surface area contributed by atoms with Crippen molar-refractivity contribution in [2.24, 2.45) is 7.05 Å². The average Bonchev–Trinajstić information content (AvgIpc) is 3.63. The van der Waals surface area contributed by atoms with E-state index in [0.29, 0.717) is 0 Å². The van der Waals surface area contributed by atoms with Gasteiger partial charge in [0.1, 0.15) is 5.69 Å². The van der Waals surface area contributed by atoms with Gasteiger partial charge in [0.25, 0.3) is 0 Å². The number of H-pyrrole nitrogens is 2. The third kappa shape index (κ3) is 3.43. The van der Waals surface area contributed by atoms with Crippen LogP contribution in [0.1, 0.15) is 18.4 Å². The number of rotatable bonds is 4. The normalized spacial score (nSPS) is 19.4. The molecule has 2 saturated heterocycles. The Balaban J connectivity index is 1.18. The van der Waals surface area contributed by atoms with Gasteiger partial charge in [0.05, 0.1) is 17.4 Å². The lowest BCUT2D eigenvalue weighted by atomic mass is 10.1. The number of aromatic nitrogens is 5. The van der Waals surface area contributed by atoms with Crippen molar-refractivity contribution in [1.82, 2.24) is 34.8 Å². The lowest BCUT2D eigenvalue weighted by Crippen LogP contribution is -2.49. The maximum absolute atomic E-state index is 4.66. The van der Waals surface area contributed by atoms with Gasteiger partial charge in [-0.3, -0.25) is 19.6 Å². The summed E-state index contributed by atoms with van der Waals surface area (Å²) in [5, 5.41) is 14.5. The molecule has 172 valence electrons. The van der Waals surface area contributed by atoms with Crippen LogP contribution in [0.2, 0.25) is 0 Å². The molecular weight excluding hydrogens is 422 g/mol. The van der Waals surface area contributed by atoms with Crippen LogP contribution < -0.4 is 0 Å². The lowest BCUT2D eigenvalue weighted by Gasteiger charge is -2.37. The second-order valence-electron chi connectivity index (χ2n) is 9.91. The van der Waals surface area contributed by atoms with E-state index >= 15 is 0 Å². The second kappa shape index (κ2) is 7.82. The standard InChI is InChI=1S/C27H29N7/c1-32-16-21(14-28-32)19-5-7-25-23(12-19)27(31-30-25)26-13-20-11-18(4-6-24(20)29-26)15-33-9-10-34-8-2-3-22(34)17-33/h4-7,11-14,16,22,29H,2-3,8-10,15,17H2,1H3,(H,30,31). The molecule has 2 aliphatic rings. The fourth-order valence-electron chi connectivity index (χ4n) is 5.83. The van der Waals surface area contributed by atoms with Gasteiger partial charge in [0.2, 0.25) is 0 Å². The first-order valence-corrected chi connectivity index (χ1v) is 12.3. The number of benzene rings is 2. The molecule has 1 unspecified atom stereocenters. The van der Waals surface area contributed by atoms with Crippen LogP contribution in [-0.4, -0.2) is 67.0 Å². The van der Waals surface area contributed by atoms with E-state index in [9.17, 15) is 0 Å². The van der Waals surface area contributed by atoms with Crippen LogP contribution in [0.25, 0.3) is 44.3 Å². The zero-order valence-corrected chi connectivity index (χ0v) is 19.5. The zero-order valence-electron chi connectivity index (χ0n) is 19.5. The monoisotopic (exact) mass is 451 g/mol. The van der Waals surface area contributed by atoms with Crippen molar-refractivity contribution in [1.29, 1.82) is 0 Å². The molecule has 2 fully saturated rings. The minimum absolute atomic E-state index is 0.765. The molecule has 5 heterocycles. The smallest absolute Gasteiger partial charge is 0.116 e. The highest BCUT2D eigenvalue weighted by atomic mass is 15.3. The Bertz CT molecular complexity index is 1490. The van der Waals surface area contributed by atoms with Gasteiger partial charge in [-0.25, -0.2) is 0 Å². The number of hydrogen-bond acceptors (Lipinski definition) is 4. The SMILES string of the molecule is Cn1cc(-c2ccc3[nH]nc(-c4cc5cc(CN6CCN7CCCC7C6)ccc5[nH]4)c3c2)cn1. The molecule has 1 atom stereocenters. The van der Waals surface area contributed by atoms with E-state index in [0.717, 1.165) is 51.5 Å².